The molecular weight excluding hydrogens is 254 g/mol. The summed E-state index contributed by atoms with van der Waals surface area (Å²) in [5.41, 5.74) is 0.112. The molecule has 3 N–H and O–H groups in total. The predicted molar refractivity (Wildman–Crippen MR) is 77.4 cm³/mol. The van der Waals surface area contributed by atoms with Crippen LogP contribution in [0.5, 0.6) is 5.75 Å². The SMILES string of the molecule is CC1CCC(O)(CNC(=O)Cc2ccc(O)cc2)CC1. The number of nitrogens with one attached hydrogen (secondary N) is 1. The molecule has 0 atom stereocenters. The molecule has 0 aliphatic heterocycles. The maximum absolute atomic E-state index is 11.9. The summed E-state index contributed by atoms with van der Waals surface area (Å²) in [4.78, 5) is 11.9. The minimum atomic E-state index is -0.739. The zero-order chi connectivity index (χ0) is 14.6. The van der Waals surface area contributed by atoms with Crippen molar-refractivity contribution in [1.29, 1.82) is 0 Å². The van der Waals surface area contributed by atoms with E-state index >= 15 is 0 Å². The first kappa shape index (κ1) is 14.9. The van der Waals surface area contributed by atoms with Crippen molar-refractivity contribution in [3.63, 3.8) is 0 Å². The molecule has 110 valence electrons. The number of amides is 1. The molecule has 1 fully saturated rings. The molecule has 0 saturated heterocycles. The van der Waals surface area contributed by atoms with Gasteiger partial charge in [0.2, 0.25) is 5.91 Å². The molecule has 0 spiro atoms. The van der Waals surface area contributed by atoms with Crippen molar-refractivity contribution in [2.24, 2.45) is 5.92 Å². The zero-order valence-corrected chi connectivity index (χ0v) is 11.9. The number of hydrogen-bond acceptors (Lipinski definition) is 3. The maximum Gasteiger partial charge on any atom is 0.224 e. The van der Waals surface area contributed by atoms with Crippen molar-refractivity contribution in [2.45, 2.75) is 44.6 Å². The largest absolute Gasteiger partial charge is 0.508 e. The van der Waals surface area contributed by atoms with Gasteiger partial charge in [-0.05, 0) is 49.3 Å². The van der Waals surface area contributed by atoms with E-state index < -0.39 is 5.60 Å². The van der Waals surface area contributed by atoms with Crippen LogP contribution in [-0.4, -0.2) is 28.3 Å². The molecule has 1 amide bonds. The fourth-order valence-electron chi connectivity index (χ4n) is 2.60. The Labute approximate surface area is 119 Å². The smallest absolute Gasteiger partial charge is 0.224 e. The molecule has 0 aromatic heterocycles. The normalized spacial score (nSPS) is 26.2. The van der Waals surface area contributed by atoms with Crippen molar-refractivity contribution < 1.29 is 15.0 Å². The van der Waals surface area contributed by atoms with Gasteiger partial charge in [-0.2, -0.15) is 0 Å². The van der Waals surface area contributed by atoms with Gasteiger partial charge in [0.25, 0.3) is 0 Å². The van der Waals surface area contributed by atoms with Crippen LogP contribution in [0.15, 0.2) is 24.3 Å². The van der Waals surface area contributed by atoms with Crippen molar-refractivity contribution in [3.8, 4) is 5.75 Å². The molecule has 1 saturated carbocycles. The van der Waals surface area contributed by atoms with Crippen molar-refractivity contribution in [3.05, 3.63) is 29.8 Å². The summed E-state index contributed by atoms with van der Waals surface area (Å²) in [7, 11) is 0. The van der Waals surface area contributed by atoms with Gasteiger partial charge in [-0.25, -0.2) is 0 Å². The van der Waals surface area contributed by atoms with E-state index in [9.17, 15) is 15.0 Å². The molecule has 20 heavy (non-hydrogen) atoms. The molecule has 1 aromatic rings. The van der Waals surface area contributed by atoms with Crippen LogP contribution in [-0.2, 0) is 11.2 Å². The highest BCUT2D eigenvalue weighted by Gasteiger charge is 2.31. The maximum atomic E-state index is 11.9. The van der Waals surface area contributed by atoms with Crippen molar-refractivity contribution in [1.82, 2.24) is 5.32 Å². The lowest BCUT2D eigenvalue weighted by molar-refractivity contribution is -0.122. The molecule has 0 heterocycles. The minimum absolute atomic E-state index is 0.0947. The van der Waals surface area contributed by atoms with Gasteiger partial charge in [0.15, 0.2) is 0 Å². The first-order valence-electron chi connectivity index (χ1n) is 7.24. The van der Waals surface area contributed by atoms with E-state index in [1.54, 1.807) is 24.3 Å². The summed E-state index contributed by atoms with van der Waals surface area (Å²) in [6, 6.07) is 6.59. The number of aromatic hydroxyl groups is 1. The van der Waals surface area contributed by atoms with E-state index in [-0.39, 0.29) is 18.1 Å². The third kappa shape index (κ3) is 4.23. The first-order chi connectivity index (χ1) is 9.47. The highest BCUT2D eigenvalue weighted by molar-refractivity contribution is 5.78. The molecule has 2 rings (SSSR count). The van der Waals surface area contributed by atoms with Crippen LogP contribution in [0.4, 0.5) is 0 Å². The Balaban J connectivity index is 1.79. The monoisotopic (exact) mass is 277 g/mol. The van der Waals surface area contributed by atoms with Gasteiger partial charge in [-0.15, -0.1) is 0 Å². The van der Waals surface area contributed by atoms with Crippen LogP contribution in [0, 0.1) is 5.92 Å². The fraction of sp³-hybridized carbons (Fsp3) is 0.562. The lowest BCUT2D eigenvalue weighted by Crippen LogP contribution is -2.45. The number of hydrogen-bond donors (Lipinski definition) is 3. The van der Waals surface area contributed by atoms with E-state index in [4.69, 9.17) is 0 Å². The minimum Gasteiger partial charge on any atom is -0.508 e. The molecule has 4 nitrogen and oxygen atoms in total. The number of carbonyl (C=O) groups is 1. The van der Waals surface area contributed by atoms with E-state index in [1.807, 2.05) is 0 Å². The number of rotatable bonds is 4. The highest BCUT2D eigenvalue weighted by atomic mass is 16.3. The van der Waals surface area contributed by atoms with Gasteiger partial charge < -0.3 is 15.5 Å². The van der Waals surface area contributed by atoms with E-state index in [1.165, 1.54) is 0 Å². The van der Waals surface area contributed by atoms with Gasteiger partial charge in [0.1, 0.15) is 5.75 Å². The number of benzene rings is 1. The number of phenols is 1. The van der Waals surface area contributed by atoms with Crippen LogP contribution in [0.25, 0.3) is 0 Å². The second-order valence-electron chi connectivity index (χ2n) is 6.03. The number of carbonyl (C=O) groups excluding carboxylic acids is 1. The topological polar surface area (TPSA) is 69.6 Å². The average molecular weight is 277 g/mol. The first-order valence-corrected chi connectivity index (χ1v) is 7.24. The Bertz CT molecular complexity index is 447. The Morgan fingerprint density at radius 1 is 1.30 bits per heavy atom. The standard InChI is InChI=1S/C16H23NO3/c1-12-6-8-16(20,9-7-12)11-17-15(19)10-13-2-4-14(18)5-3-13/h2-5,12,18,20H,6-11H2,1H3,(H,17,19). The molecule has 1 aliphatic rings. The van der Waals surface area contributed by atoms with Crippen molar-refractivity contribution >= 4 is 5.91 Å². The van der Waals surface area contributed by atoms with E-state index in [0.29, 0.717) is 12.5 Å². The zero-order valence-electron chi connectivity index (χ0n) is 11.9. The number of phenolic OH excluding ortho intramolecular Hbond substituents is 1. The average Bonchev–Trinajstić information content (AvgIpc) is 2.43. The van der Waals surface area contributed by atoms with Crippen LogP contribution >= 0.6 is 0 Å². The lowest BCUT2D eigenvalue weighted by atomic mass is 9.79. The Kier molecular flexibility index (Phi) is 4.65. The second-order valence-corrected chi connectivity index (χ2v) is 6.03. The summed E-state index contributed by atoms with van der Waals surface area (Å²) < 4.78 is 0. The van der Waals surface area contributed by atoms with Gasteiger partial charge in [0.05, 0.1) is 12.0 Å². The summed E-state index contributed by atoms with van der Waals surface area (Å²) in [6.07, 6.45) is 3.82. The van der Waals surface area contributed by atoms with Gasteiger partial charge in [-0.1, -0.05) is 19.1 Å². The quantitative estimate of drug-likeness (QED) is 0.788. The van der Waals surface area contributed by atoms with E-state index in [2.05, 4.69) is 12.2 Å². The van der Waals surface area contributed by atoms with Gasteiger partial charge in [-0.3, -0.25) is 4.79 Å². The summed E-state index contributed by atoms with van der Waals surface area (Å²) >= 11 is 0. The van der Waals surface area contributed by atoms with Crippen LogP contribution in [0.3, 0.4) is 0 Å². The fourth-order valence-corrected chi connectivity index (χ4v) is 2.60. The molecular formula is C16H23NO3. The molecule has 0 bridgehead atoms. The lowest BCUT2D eigenvalue weighted by Gasteiger charge is -2.34. The summed E-state index contributed by atoms with van der Waals surface area (Å²) in [6.45, 7) is 2.53. The van der Waals surface area contributed by atoms with Crippen molar-refractivity contribution in [2.75, 3.05) is 6.54 Å². The molecule has 1 aromatic carbocycles. The molecule has 1 aliphatic carbocycles. The third-order valence-corrected chi connectivity index (χ3v) is 4.12. The Morgan fingerprint density at radius 2 is 1.90 bits per heavy atom. The third-order valence-electron chi connectivity index (χ3n) is 4.12. The van der Waals surface area contributed by atoms with Crippen LogP contribution in [0.1, 0.15) is 38.2 Å². The van der Waals surface area contributed by atoms with Crippen LogP contribution < -0.4 is 5.32 Å². The summed E-state index contributed by atoms with van der Waals surface area (Å²) in [5.74, 6) is 0.769. The molecule has 4 heteroatoms. The molecule has 0 unspecified atom stereocenters. The van der Waals surface area contributed by atoms with E-state index in [0.717, 1.165) is 31.2 Å². The predicted octanol–water partition coefficient (Wildman–Crippen LogP) is 1.99. The van der Waals surface area contributed by atoms with Gasteiger partial charge >= 0.3 is 0 Å². The molecule has 0 radical (unpaired) electrons. The van der Waals surface area contributed by atoms with Crippen LogP contribution in [0.2, 0.25) is 0 Å². The second kappa shape index (κ2) is 6.27. The van der Waals surface area contributed by atoms with Gasteiger partial charge in [0, 0.05) is 6.54 Å². The Morgan fingerprint density at radius 3 is 2.50 bits per heavy atom. The number of aliphatic hydroxyl groups is 1. The highest BCUT2D eigenvalue weighted by Crippen LogP contribution is 2.31. The Hall–Kier alpha value is -1.55. The summed E-state index contributed by atoms with van der Waals surface area (Å²) in [5, 5.41) is 22.4.